The van der Waals surface area contributed by atoms with E-state index in [1.54, 1.807) is 0 Å². The van der Waals surface area contributed by atoms with Gasteiger partial charge in [-0.1, -0.05) is 32.1 Å². The van der Waals surface area contributed by atoms with E-state index < -0.39 is 0 Å². The average molecular weight is 215 g/mol. The minimum Gasteiger partial charge on any atom is -0.123 e. The van der Waals surface area contributed by atoms with Gasteiger partial charge in [0.2, 0.25) is 0 Å². The van der Waals surface area contributed by atoms with Crippen LogP contribution in [0.25, 0.3) is 0 Å². The van der Waals surface area contributed by atoms with Crippen molar-refractivity contribution in [3.8, 4) is 0 Å². The van der Waals surface area contributed by atoms with Crippen molar-refractivity contribution >= 4 is 11.6 Å². The zero-order valence-electron chi connectivity index (χ0n) is 9.18. The molecule has 0 atom stereocenters. The lowest BCUT2D eigenvalue weighted by Crippen LogP contribution is -2.18. The van der Waals surface area contributed by atoms with Crippen LogP contribution in [0.3, 0.4) is 0 Å². The van der Waals surface area contributed by atoms with E-state index in [0.717, 1.165) is 11.8 Å². The van der Waals surface area contributed by atoms with Gasteiger partial charge in [-0.2, -0.15) is 0 Å². The molecule has 1 heteroatoms. The summed E-state index contributed by atoms with van der Waals surface area (Å²) in [6.07, 6.45) is 14.4. The van der Waals surface area contributed by atoms with Crippen LogP contribution < -0.4 is 0 Å². The number of alkyl halides is 1. The van der Waals surface area contributed by atoms with Crippen LogP contribution in [-0.2, 0) is 0 Å². The molecular formula is C13H23Cl. The molecule has 2 saturated carbocycles. The van der Waals surface area contributed by atoms with Crippen LogP contribution in [0, 0.1) is 11.8 Å². The number of hydrogen-bond acceptors (Lipinski definition) is 0. The minimum atomic E-state index is 0.498. The van der Waals surface area contributed by atoms with Crippen molar-refractivity contribution in [3.05, 3.63) is 0 Å². The van der Waals surface area contributed by atoms with Crippen molar-refractivity contribution in [2.75, 3.05) is 0 Å². The number of hydrogen-bond donors (Lipinski definition) is 0. The van der Waals surface area contributed by atoms with Crippen molar-refractivity contribution in [2.45, 2.75) is 69.6 Å². The summed E-state index contributed by atoms with van der Waals surface area (Å²) in [7, 11) is 0. The zero-order valence-corrected chi connectivity index (χ0v) is 9.94. The van der Waals surface area contributed by atoms with E-state index in [1.165, 1.54) is 64.2 Å². The first-order valence-electron chi connectivity index (χ1n) is 6.48. The van der Waals surface area contributed by atoms with Gasteiger partial charge in [0.05, 0.1) is 0 Å². The van der Waals surface area contributed by atoms with Crippen LogP contribution >= 0.6 is 11.6 Å². The molecule has 0 unspecified atom stereocenters. The molecule has 14 heavy (non-hydrogen) atoms. The van der Waals surface area contributed by atoms with E-state index in [2.05, 4.69) is 0 Å². The van der Waals surface area contributed by atoms with Crippen LogP contribution in [0.15, 0.2) is 0 Å². The first-order valence-corrected chi connectivity index (χ1v) is 6.92. The van der Waals surface area contributed by atoms with E-state index in [1.807, 2.05) is 0 Å². The lowest BCUT2D eigenvalue weighted by atomic mass is 9.77. The molecule has 0 aromatic rings. The molecule has 2 fully saturated rings. The molecule has 0 amide bonds. The molecule has 0 N–H and O–H groups in total. The van der Waals surface area contributed by atoms with E-state index in [0.29, 0.717) is 5.38 Å². The molecule has 2 rings (SSSR count). The zero-order chi connectivity index (χ0) is 9.80. The maximum atomic E-state index is 6.12. The molecule has 2 aliphatic rings. The molecule has 0 heterocycles. The molecule has 0 saturated heterocycles. The van der Waals surface area contributed by atoms with Gasteiger partial charge in [-0.15, -0.1) is 11.6 Å². The molecule has 0 spiro atoms. The topological polar surface area (TPSA) is 0 Å². The van der Waals surface area contributed by atoms with E-state index in [9.17, 15) is 0 Å². The van der Waals surface area contributed by atoms with Crippen LogP contribution in [0.4, 0.5) is 0 Å². The van der Waals surface area contributed by atoms with Gasteiger partial charge >= 0.3 is 0 Å². The quantitative estimate of drug-likeness (QED) is 0.582. The van der Waals surface area contributed by atoms with Crippen molar-refractivity contribution < 1.29 is 0 Å². The van der Waals surface area contributed by atoms with Crippen molar-refractivity contribution in [1.82, 2.24) is 0 Å². The number of rotatable bonds is 2. The van der Waals surface area contributed by atoms with Gasteiger partial charge < -0.3 is 0 Å². The summed E-state index contributed by atoms with van der Waals surface area (Å²) < 4.78 is 0. The first-order chi connectivity index (χ1) is 6.84. The van der Waals surface area contributed by atoms with Gasteiger partial charge in [0.15, 0.2) is 0 Å². The van der Waals surface area contributed by atoms with Gasteiger partial charge in [-0.05, 0) is 43.9 Å². The van der Waals surface area contributed by atoms with Crippen LogP contribution in [0.5, 0.6) is 0 Å². The minimum absolute atomic E-state index is 0.498. The fraction of sp³-hybridized carbons (Fsp3) is 1.00. The van der Waals surface area contributed by atoms with Gasteiger partial charge in [0.25, 0.3) is 0 Å². The Hall–Kier alpha value is 0.290. The smallest absolute Gasteiger partial charge is 0.0336 e. The van der Waals surface area contributed by atoms with Crippen LogP contribution in [-0.4, -0.2) is 5.38 Å². The van der Waals surface area contributed by atoms with E-state index in [4.69, 9.17) is 11.6 Å². The highest BCUT2D eigenvalue weighted by atomic mass is 35.5. The monoisotopic (exact) mass is 214 g/mol. The largest absolute Gasteiger partial charge is 0.123 e. The van der Waals surface area contributed by atoms with Crippen molar-refractivity contribution in [1.29, 1.82) is 0 Å². The fourth-order valence-corrected chi connectivity index (χ4v) is 3.50. The third-order valence-corrected chi connectivity index (χ3v) is 4.60. The highest BCUT2D eigenvalue weighted by Gasteiger charge is 2.23. The Bertz CT molecular complexity index is 153. The predicted molar refractivity (Wildman–Crippen MR) is 62.8 cm³/mol. The Morgan fingerprint density at radius 2 is 1.29 bits per heavy atom. The highest BCUT2D eigenvalue weighted by Crippen LogP contribution is 2.36. The Morgan fingerprint density at radius 1 is 0.714 bits per heavy atom. The summed E-state index contributed by atoms with van der Waals surface area (Å²) in [5, 5.41) is 0.498. The lowest BCUT2D eigenvalue weighted by molar-refractivity contribution is 0.246. The summed E-state index contributed by atoms with van der Waals surface area (Å²) >= 11 is 6.12. The molecule has 0 nitrogen and oxygen atoms in total. The third-order valence-electron chi connectivity index (χ3n) is 4.17. The highest BCUT2D eigenvalue weighted by molar-refractivity contribution is 6.20. The molecule has 82 valence electrons. The molecule has 0 bridgehead atoms. The standard InChI is InChI=1S/C13H23Cl/c14-13-8-6-12(7-9-13)10-11-4-2-1-3-5-11/h11-13H,1-10H2. The average Bonchev–Trinajstić information content (AvgIpc) is 2.23. The van der Waals surface area contributed by atoms with Crippen molar-refractivity contribution in [3.63, 3.8) is 0 Å². The lowest BCUT2D eigenvalue weighted by Gasteiger charge is -2.30. The summed E-state index contributed by atoms with van der Waals surface area (Å²) in [4.78, 5) is 0. The summed E-state index contributed by atoms with van der Waals surface area (Å²) in [5.74, 6) is 2.09. The second-order valence-corrected chi connectivity index (χ2v) is 5.97. The Kier molecular flexibility index (Phi) is 4.16. The normalized spacial score (nSPS) is 35.8. The maximum Gasteiger partial charge on any atom is 0.0336 e. The summed E-state index contributed by atoms with van der Waals surface area (Å²) in [6.45, 7) is 0. The molecule has 0 aromatic heterocycles. The predicted octanol–water partition coefficient (Wildman–Crippen LogP) is 4.75. The van der Waals surface area contributed by atoms with E-state index in [-0.39, 0.29) is 0 Å². The van der Waals surface area contributed by atoms with Gasteiger partial charge in [0, 0.05) is 5.38 Å². The Labute approximate surface area is 93.4 Å². The molecule has 2 aliphatic carbocycles. The van der Waals surface area contributed by atoms with E-state index >= 15 is 0 Å². The molecule has 0 radical (unpaired) electrons. The molecule has 0 aliphatic heterocycles. The van der Waals surface area contributed by atoms with Gasteiger partial charge in [-0.3, -0.25) is 0 Å². The van der Waals surface area contributed by atoms with Gasteiger partial charge in [-0.25, -0.2) is 0 Å². The fourth-order valence-electron chi connectivity index (χ4n) is 3.25. The Balaban J connectivity index is 1.68. The molecule has 0 aromatic carbocycles. The SMILES string of the molecule is ClC1CCC(CC2CCCCC2)CC1. The maximum absolute atomic E-state index is 6.12. The third kappa shape index (κ3) is 3.15. The second-order valence-electron chi connectivity index (χ2n) is 5.36. The summed E-state index contributed by atoms with van der Waals surface area (Å²) in [6, 6.07) is 0. The van der Waals surface area contributed by atoms with Crippen LogP contribution in [0.2, 0.25) is 0 Å². The van der Waals surface area contributed by atoms with Crippen molar-refractivity contribution in [2.24, 2.45) is 11.8 Å². The Morgan fingerprint density at radius 3 is 1.93 bits per heavy atom. The second kappa shape index (κ2) is 5.39. The molecular weight excluding hydrogens is 192 g/mol. The van der Waals surface area contributed by atoms with Gasteiger partial charge in [0.1, 0.15) is 0 Å². The first kappa shape index (κ1) is 10.8. The summed E-state index contributed by atoms with van der Waals surface area (Å²) in [5.41, 5.74) is 0. The number of halogens is 1. The van der Waals surface area contributed by atoms with Crippen LogP contribution in [0.1, 0.15) is 64.2 Å².